The smallest absolute Gasteiger partial charge is 0.129 e. The van der Waals surface area contributed by atoms with Crippen molar-refractivity contribution in [1.82, 2.24) is 10.2 Å². The van der Waals surface area contributed by atoms with Crippen molar-refractivity contribution in [2.45, 2.75) is 85.4 Å². The Morgan fingerprint density at radius 3 is 2.67 bits per heavy atom. The molecule has 2 unspecified atom stereocenters. The topological polar surface area (TPSA) is 57.1 Å². The van der Waals surface area contributed by atoms with Crippen LogP contribution in [0, 0.1) is 5.92 Å². The lowest BCUT2D eigenvalue weighted by atomic mass is 9.90. The number of fused-ring (bicyclic) bond motifs is 1. The summed E-state index contributed by atoms with van der Waals surface area (Å²) in [5.74, 6) is 1.80. The van der Waals surface area contributed by atoms with E-state index in [2.05, 4.69) is 48.3 Å². The summed E-state index contributed by atoms with van der Waals surface area (Å²) in [6, 6.07) is 0. The fraction of sp³-hybridized carbons (Fsp3) is 0.720. The van der Waals surface area contributed by atoms with E-state index in [1.165, 1.54) is 25.8 Å². The number of nitrogens with one attached hydrogen (secondary N) is 1. The summed E-state index contributed by atoms with van der Waals surface area (Å²) in [6.07, 6.45) is 11.1. The highest BCUT2D eigenvalue weighted by atomic mass is 16.5. The Morgan fingerprint density at radius 1 is 1.33 bits per heavy atom. The number of allylic oxidation sites excluding steroid dienone is 3. The zero-order chi connectivity index (χ0) is 22.7. The molecular weight excluding hydrogens is 374 g/mol. The number of likely N-dealkylation sites (N-methyl/N-ethyl adjacent to an activating group) is 1. The van der Waals surface area contributed by atoms with E-state index < -0.39 is 11.7 Å². The summed E-state index contributed by atoms with van der Waals surface area (Å²) >= 11 is 0. The number of rotatable bonds is 5. The molecule has 1 fully saturated rings. The summed E-state index contributed by atoms with van der Waals surface area (Å²) in [5, 5.41) is 13.3. The molecule has 5 heteroatoms. The Hall–Kier alpha value is -1.59. The van der Waals surface area contributed by atoms with Crippen molar-refractivity contribution in [1.29, 1.82) is 0 Å². The van der Waals surface area contributed by atoms with Gasteiger partial charge in [0.1, 0.15) is 11.4 Å². The number of nitrogens with zero attached hydrogens (tertiary/aromatic N) is 2. The van der Waals surface area contributed by atoms with E-state index >= 15 is 0 Å². The predicted molar refractivity (Wildman–Crippen MR) is 129 cm³/mol. The zero-order valence-electron chi connectivity index (χ0n) is 20.6. The van der Waals surface area contributed by atoms with Crippen LogP contribution in [-0.4, -0.2) is 55.1 Å². The van der Waals surface area contributed by atoms with Crippen molar-refractivity contribution >= 4 is 6.21 Å². The maximum absolute atomic E-state index is 10.2. The summed E-state index contributed by atoms with van der Waals surface area (Å²) in [5.41, 5.74) is 2.75. The number of aliphatic hydroxyl groups excluding tert-OH is 1. The number of hydrogen-bond donors (Lipinski definition) is 2. The molecular formula is C25H45N3O2. The number of hydrogen-bond acceptors (Lipinski definition) is 5. The molecule has 0 radical (unpaired) electrons. The van der Waals surface area contributed by atoms with Crippen LogP contribution in [0.4, 0.5) is 0 Å². The third-order valence-corrected chi connectivity index (χ3v) is 5.68. The van der Waals surface area contributed by atoms with Crippen molar-refractivity contribution in [2.75, 3.05) is 27.2 Å². The second-order valence-corrected chi connectivity index (χ2v) is 8.68. The molecule has 1 saturated heterocycles. The van der Waals surface area contributed by atoms with Gasteiger partial charge in [0.25, 0.3) is 0 Å². The lowest BCUT2D eigenvalue weighted by Gasteiger charge is -2.38. The maximum atomic E-state index is 10.2. The van der Waals surface area contributed by atoms with Crippen LogP contribution in [0.3, 0.4) is 0 Å². The minimum absolute atomic E-state index is 0.476. The van der Waals surface area contributed by atoms with E-state index in [-0.39, 0.29) is 0 Å². The molecule has 0 spiro atoms. The minimum atomic E-state index is -0.525. The summed E-state index contributed by atoms with van der Waals surface area (Å²) < 4.78 is 5.96. The number of aliphatic imine (C=N–C) groups is 1. The molecule has 5 nitrogen and oxygen atoms in total. The Morgan fingerprint density at radius 2 is 2.03 bits per heavy atom. The van der Waals surface area contributed by atoms with Gasteiger partial charge in [-0.2, -0.15) is 0 Å². The zero-order valence-corrected chi connectivity index (χ0v) is 20.6. The molecule has 3 rings (SSSR count). The highest BCUT2D eigenvalue weighted by molar-refractivity contribution is 5.65. The Bertz CT molecular complexity index is 647. The number of ether oxygens (including phenoxy) is 1. The van der Waals surface area contributed by atoms with Gasteiger partial charge in [-0.15, -0.1) is 0 Å². The van der Waals surface area contributed by atoms with Gasteiger partial charge in [0.2, 0.25) is 0 Å². The molecule has 2 heterocycles. The van der Waals surface area contributed by atoms with Crippen molar-refractivity contribution < 1.29 is 9.84 Å². The summed E-state index contributed by atoms with van der Waals surface area (Å²) in [6.45, 7) is 14.4. The van der Waals surface area contributed by atoms with E-state index in [9.17, 15) is 5.11 Å². The molecule has 0 amide bonds. The van der Waals surface area contributed by atoms with E-state index in [0.717, 1.165) is 41.6 Å². The lowest BCUT2D eigenvalue weighted by Crippen LogP contribution is -2.43. The van der Waals surface area contributed by atoms with Crippen molar-refractivity contribution in [3.05, 3.63) is 34.9 Å². The predicted octanol–water partition coefficient (Wildman–Crippen LogP) is 5.05. The molecule has 2 atom stereocenters. The van der Waals surface area contributed by atoms with Crippen molar-refractivity contribution in [3.63, 3.8) is 0 Å². The first-order valence-electron chi connectivity index (χ1n) is 11.7. The first-order valence-corrected chi connectivity index (χ1v) is 11.7. The molecule has 172 valence electrons. The molecule has 3 aliphatic rings. The second-order valence-electron chi connectivity index (χ2n) is 8.68. The van der Waals surface area contributed by atoms with E-state index in [4.69, 9.17) is 4.74 Å². The van der Waals surface area contributed by atoms with E-state index in [1.54, 1.807) is 0 Å². The van der Waals surface area contributed by atoms with Gasteiger partial charge in [-0.05, 0) is 57.5 Å². The number of aliphatic hydroxyl groups is 1. The SMILES string of the molecule is CC.CCCC(C)CCNC.CN1CC=NC2=C1C=C1CC(O)C(C)(C)OC1=CC2. The van der Waals surface area contributed by atoms with Crippen LogP contribution in [0.15, 0.2) is 39.9 Å². The molecule has 2 aliphatic heterocycles. The fourth-order valence-electron chi connectivity index (χ4n) is 3.67. The van der Waals surface area contributed by atoms with Crippen molar-refractivity contribution in [3.8, 4) is 0 Å². The third kappa shape index (κ3) is 7.59. The van der Waals surface area contributed by atoms with Gasteiger partial charge >= 0.3 is 0 Å². The van der Waals surface area contributed by atoms with Crippen LogP contribution in [-0.2, 0) is 4.74 Å². The van der Waals surface area contributed by atoms with Gasteiger partial charge < -0.3 is 20.1 Å². The van der Waals surface area contributed by atoms with Crippen LogP contribution >= 0.6 is 0 Å². The monoisotopic (exact) mass is 419 g/mol. The molecule has 0 aromatic carbocycles. The highest BCUT2D eigenvalue weighted by Gasteiger charge is 2.38. The first-order chi connectivity index (χ1) is 14.3. The standard InChI is InChI=1S/C15H20N2O2.C8H19N.C2H6/c1-15(2)14(18)9-10-8-12-11(4-5-13(10)19-15)16-6-7-17(12)3;1-4-5-8(2)6-7-9-3;1-2/h5-6,8,14,18H,4,7,9H2,1-3H3;8-9H,4-7H2,1-3H3;1-2H3. The summed E-state index contributed by atoms with van der Waals surface area (Å²) in [7, 11) is 4.07. The molecule has 1 aliphatic carbocycles. The first kappa shape index (κ1) is 26.4. The van der Waals surface area contributed by atoms with Gasteiger partial charge in [-0.25, -0.2) is 0 Å². The van der Waals surface area contributed by atoms with Gasteiger partial charge in [0, 0.05) is 26.1 Å². The average Bonchev–Trinajstić information content (AvgIpc) is 2.89. The molecule has 0 aromatic rings. The third-order valence-electron chi connectivity index (χ3n) is 5.68. The highest BCUT2D eigenvalue weighted by Crippen LogP contribution is 2.38. The maximum Gasteiger partial charge on any atom is 0.129 e. The fourth-order valence-corrected chi connectivity index (χ4v) is 3.67. The van der Waals surface area contributed by atoms with Gasteiger partial charge in [0.15, 0.2) is 0 Å². The van der Waals surface area contributed by atoms with E-state index in [0.29, 0.717) is 6.42 Å². The van der Waals surface area contributed by atoms with Gasteiger partial charge in [-0.1, -0.05) is 40.5 Å². The van der Waals surface area contributed by atoms with Gasteiger partial charge in [-0.3, -0.25) is 4.99 Å². The van der Waals surface area contributed by atoms with Gasteiger partial charge in [0.05, 0.1) is 24.0 Å². The summed E-state index contributed by atoms with van der Waals surface area (Å²) in [4.78, 5) is 6.66. The largest absolute Gasteiger partial charge is 0.485 e. The van der Waals surface area contributed by atoms with Crippen LogP contribution < -0.4 is 5.32 Å². The Labute approximate surface area is 185 Å². The van der Waals surface area contributed by atoms with Crippen LogP contribution in [0.25, 0.3) is 0 Å². The van der Waals surface area contributed by atoms with E-state index in [1.807, 2.05) is 41.0 Å². The van der Waals surface area contributed by atoms with Crippen LogP contribution in [0.1, 0.15) is 73.6 Å². The Balaban J connectivity index is 0.000000349. The normalized spacial score (nSPS) is 22.6. The van der Waals surface area contributed by atoms with Crippen LogP contribution in [0.2, 0.25) is 0 Å². The molecule has 0 bridgehead atoms. The molecule has 2 N–H and O–H groups in total. The molecule has 0 aromatic heterocycles. The van der Waals surface area contributed by atoms with Crippen LogP contribution in [0.5, 0.6) is 0 Å². The molecule has 0 saturated carbocycles. The quantitative estimate of drug-likeness (QED) is 0.655. The lowest BCUT2D eigenvalue weighted by molar-refractivity contribution is -0.0834. The van der Waals surface area contributed by atoms with Crippen molar-refractivity contribution in [2.24, 2.45) is 10.9 Å². The average molecular weight is 420 g/mol. The second kappa shape index (κ2) is 13.0. The molecule has 30 heavy (non-hydrogen) atoms. The Kier molecular flexibility index (Phi) is 11.4. The minimum Gasteiger partial charge on any atom is -0.485 e.